The molecule has 4 N–H and O–H groups in total. The molecule has 0 amide bonds. The van der Waals surface area contributed by atoms with Crippen LogP contribution in [-0.2, 0) is 20.2 Å². The third-order valence-electron chi connectivity index (χ3n) is 7.92. The molecule has 0 aliphatic carbocycles. The van der Waals surface area contributed by atoms with Gasteiger partial charge in [0.25, 0.3) is 20.2 Å². The van der Waals surface area contributed by atoms with Crippen LogP contribution in [0.3, 0.4) is 0 Å². The van der Waals surface area contributed by atoms with Crippen molar-refractivity contribution in [1.82, 2.24) is 4.98 Å². The smallest absolute Gasteiger partial charge is 0.294 e. The molecule has 4 aromatic carbocycles. The van der Waals surface area contributed by atoms with Gasteiger partial charge in [-0.3, -0.25) is 9.11 Å². The fourth-order valence-electron chi connectivity index (χ4n) is 5.20. The highest BCUT2D eigenvalue weighted by atomic mass is 32.2. The minimum atomic E-state index is -4.49. The van der Waals surface area contributed by atoms with Gasteiger partial charge in [0, 0.05) is 22.5 Å². The summed E-state index contributed by atoms with van der Waals surface area (Å²) >= 11 is 1.01. The molecule has 16 nitrogen and oxygen atoms in total. The number of hydrogen-bond acceptors (Lipinski definition) is 15. The topological polar surface area (TPSA) is 266 Å². The molecule has 19 heteroatoms. The molecule has 0 atom stereocenters. The van der Waals surface area contributed by atoms with Gasteiger partial charge in [0.05, 0.1) is 20.9 Å². The Morgan fingerprint density at radius 3 is 1.71 bits per heavy atom. The van der Waals surface area contributed by atoms with Crippen LogP contribution in [0.4, 0.5) is 44.4 Å². The molecule has 0 radical (unpaired) electrons. The van der Waals surface area contributed by atoms with E-state index < -0.39 is 20.2 Å². The summed E-state index contributed by atoms with van der Waals surface area (Å²) in [6.07, 6.45) is 0. The molecule has 276 valence electrons. The zero-order valence-electron chi connectivity index (χ0n) is 28.6. The van der Waals surface area contributed by atoms with Crippen molar-refractivity contribution in [3.8, 4) is 29.3 Å². The summed E-state index contributed by atoms with van der Waals surface area (Å²) in [5, 5.41) is 54.2. The Labute approximate surface area is 323 Å². The number of rotatable bonds is 11. The standard InChI is InChI=1S/C37H24N10O6S3/c1-22-29(20-39)34(41-25-11-15-27(16-12-25)55(48,49)50)43-35(42-26-13-17-28(18-14-26)56(51,52)53)33(22)45-46-36-30(21-40)32(23-7-3-2-4-8-23)37(54-36)47-44-31-10-6-5-9-24(31)19-38/h2-18H,1H3,(H2,41,42,43)(H,48,49,50)(H,51,52,53). The lowest BCUT2D eigenvalue weighted by atomic mass is 10.0. The second-order valence-electron chi connectivity index (χ2n) is 11.5. The van der Waals surface area contributed by atoms with Gasteiger partial charge in [0.2, 0.25) is 0 Å². The van der Waals surface area contributed by atoms with Crippen LogP contribution in [0.5, 0.6) is 0 Å². The van der Waals surface area contributed by atoms with E-state index in [-0.39, 0.29) is 48.8 Å². The molecule has 56 heavy (non-hydrogen) atoms. The molecule has 0 fully saturated rings. The summed E-state index contributed by atoms with van der Waals surface area (Å²) in [5.41, 5.74) is 2.76. The number of benzene rings is 4. The average Bonchev–Trinajstić information content (AvgIpc) is 3.54. The first-order valence-corrected chi connectivity index (χ1v) is 19.6. The van der Waals surface area contributed by atoms with Crippen molar-refractivity contribution in [3.63, 3.8) is 0 Å². The van der Waals surface area contributed by atoms with Gasteiger partial charge in [-0.1, -0.05) is 53.8 Å². The van der Waals surface area contributed by atoms with Crippen LogP contribution in [0.15, 0.2) is 133 Å². The van der Waals surface area contributed by atoms with E-state index in [0.717, 1.165) is 35.6 Å². The largest absolute Gasteiger partial charge is 0.339 e. The Balaban J connectivity index is 1.49. The molecule has 0 aliphatic heterocycles. The third-order valence-corrected chi connectivity index (χ3v) is 10.6. The van der Waals surface area contributed by atoms with E-state index in [0.29, 0.717) is 38.8 Å². The van der Waals surface area contributed by atoms with Crippen molar-refractivity contribution in [2.45, 2.75) is 16.7 Å². The van der Waals surface area contributed by atoms with Gasteiger partial charge >= 0.3 is 0 Å². The van der Waals surface area contributed by atoms with E-state index in [1.165, 1.54) is 24.3 Å². The fraction of sp³-hybridized carbons (Fsp3) is 0.0270. The Kier molecular flexibility index (Phi) is 11.0. The van der Waals surface area contributed by atoms with E-state index in [1.54, 1.807) is 55.5 Å². The van der Waals surface area contributed by atoms with E-state index in [4.69, 9.17) is 0 Å². The maximum absolute atomic E-state index is 11.7. The number of nitrogens with zero attached hydrogens (tertiary/aromatic N) is 8. The zero-order chi connectivity index (χ0) is 40.0. The van der Waals surface area contributed by atoms with E-state index in [1.807, 2.05) is 6.07 Å². The van der Waals surface area contributed by atoms with E-state index in [9.17, 15) is 41.7 Å². The third kappa shape index (κ3) is 8.46. The number of anilines is 4. The van der Waals surface area contributed by atoms with Crippen LogP contribution in [0.1, 0.15) is 22.3 Å². The number of pyridine rings is 1. The molecule has 0 unspecified atom stereocenters. The summed E-state index contributed by atoms with van der Waals surface area (Å²) in [7, 11) is -8.96. The maximum atomic E-state index is 11.7. The number of nitriles is 3. The number of thiophene rings is 1. The lowest BCUT2D eigenvalue weighted by Gasteiger charge is -2.16. The first-order chi connectivity index (χ1) is 26.8. The van der Waals surface area contributed by atoms with Crippen LogP contribution in [0, 0.1) is 40.9 Å². The van der Waals surface area contributed by atoms with Crippen molar-refractivity contribution in [2.24, 2.45) is 20.5 Å². The molecule has 6 rings (SSSR count). The monoisotopic (exact) mass is 800 g/mol. The highest BCUT2D eigenvalue weighted by Crippen LogP contribution is 2.48. The van der Waals surface area contributed by atoms with Crippen LogP contribution in [0.2, 0.25) is 0 Å². The van der Waals surface area contributed by atoms with Gasteiger partial charge in [-0.2, -0.15) is 32.6 Å². The van der Waals surface area contributed by atoms with E-state index >= 15 is 0 Å². The van der Waals surface area contributed by atoms with Crippen molar-refractivity contribution in [3.05, 3.63) is 125 Å². The van der Waals surface area contributed by atoms with Crippen molar-refractivity contribution in [2.75, 3.05) is 10.6 Å². The second kappa shape index (κ2) is 16.0. The van der Waals surface area contributed by atoms with Crippen LogP contribution < -0.4 is 10.6 Å². The summed E-state index contributed by atoms with van der Waals surface area (Å²) < 4.78 is 65.3. The lowest BCUT2D eigenvalue weighted by molar-refractivity contribution is 0.481. The minimum Gasteiger partial charge on any atom is -0.339 e. The lowest BCUT2D eigenvalue weighted by Crippen LogP contribution is -2.05. The van der Waals surface area contributed by atoms with Crippen LogP contribution >= 0.6 is 11.3 Å². The molecule has 0 bridgehead atoms. The van der Waals surface area contributed by atoms with Gasteiger partial charge in [0.15, 0.2) is 16.6 Å². The highest BCUT2D eigenvalue weighted by Gasteiger charge is 2.23. The molecule has 2 aromatic heterocycles. The molecule has 0 spiro atoms. The molecular formula is C37H24N10O6S3. The fourth-order valence-corrected chi connectivity index (χ4v) is 7.08. The van der Waals surface area contributed by atoms with Gasteiger partial charge < -0.3 is 10.6 Å². The predicted molar refractivity (Wildman–Crippen MR) is 207 cm³/mol. The highest BCUT2D eigenvalue weighted by molar-refractivity contribution is 7.86. The Hall–Kier alpha value is -7.18. The Bertz CT molecular complexity index is 2900. The number of nitrogens with one attached hydrogen (secondary N) is 2. The van der Waals surface area contributed by atoms with Crippen molar-refractivity contribution >= 4 is 76.0 Å². The summed E-state index contributed by atoms with van der Waals surface area (Å²) in [6, 6.07) is 32.0. The molecule has 0 aliphatic rings. The Morgan fingerprint density at radius 1 is 0.625 bits per heavy atom. The van der Waals surface area contributed by atoms with Crippen molar-refractivity contribution in [1.29, 1.82) is 15.8 Å². The summed E-state index contributed by atoms with van der Waals surface area (Å²) in [5.74, 6) is 0.0365. The normalized spacial score (nSPS) is 11.6. The number of aromatic nitrogens is 1. The molecular weight excluding hydrogens is 777 g/mol. The summed E-state index contributed by atoms with van der Waals surface area (Å²) in [4.78, 5) is 3.88. The van der Waals surface area contributed by atoms with Gasteiger partial charge in [0.1, 0.15) is 40.1 Å². The zero-order valence-corrected chi connectivity index (χ0v) is 31.1. The molecule has 2 heterocycles. The van der Waals surface area contributed by atoms with Crippen molar-refractivity contribution < 1.29 is 25.9 Å². The summed E-state index contributed by atoms with van der Waals surface area (Å²) in [6.45, 7) is 1.58. The van der Waals surface area contributed by atoms with Gasteiger partial charge in [-0.05, 0) is 73.2 Å². The molecule has 6 aromatic rings. The van der Waals surface area contributed by atoms with Crippen LogP contribution in [-0.4, -0.2) is 30.9 Å². The number of hydrogen-bond donors (Lipinski definition) is 4. The minimum absolute atomic E-state index is 0.0150. The first-order valence-electron chi connectivity index (χ1n) is 15.9. The second-order valence-corrected chi connectivity index (χ2v) is 15.3. The van der Waals surface area contributed by atoms with E-state index in [2.05, 4.69) is 54.3 Å². The molecule has 0 saturated heterocycles. The van der Waals surface area contributed by atoms with Crippen LogP contribution in [0.25, 0.3) is 11.1 Å². The van der Waals surface area contributed by atoms with Gasteiger partial charge in [-0.15, -0.1) is 20.5 Å². The first kappa shape index (κ1) is 38.5. The molecule has 0 saturated carbocycles. The quantitative estimate of drug-likeness (QED) is 0.0704. The predicted octanol–water partition coefficient (Wildman–Crippen LogP) is 9.54. The Morgan fingerprint density at radius 2 is 1.16 bits per heavy atom. The SMILES string of the molecule is Cc1c(C#N)c(Nc2ccc(S(=O)(=O)O)cc2)nc(Nc2ccc(S(=O)(=O)O)cc2)c1N=Nc1sc(N=Nc2ccccc2C#N)c(-c2ccccc2)c1C#N. The van der Waals surface area contributed by atoms with Gasteiger partial charge in [-0.25, -0.2) is 4.98 Å². The maximum Gasteiger partial charge on any atom is 0.294 e. The average molecular weight is 801 g/mol. The number of azo groups is 2.